The lowest BCUT2D eigenvalue weighted by Gasteiger charge is -2.25. The van der Waals surface area contributed by atoms with Crippen molar-refractivity contribution in [3.63, 3.8) is 0 Å². The Morgan fingerprint density at radius 3 is 2.80 bits per heavy atom. The SMILES string of the molecule is [c]1cccc2c1CCC(c1cccc3ccccc13)C2. The fraction of sp³-hybridized carbons (Fsp3) is 0.200. The van der Waals surface area contributed by atoms with E-state index in [9.17, 15) is 0 Å². The fourth-order valence-electron chi connectivity index (χ4n) is 3.49. The van der Waals surface area contributed by atoms with E-state index < -0.39 is 0 Å². The third kappa shape index (κ3) is 1.92. The van der Waals surface area contributed by atoms with Gasteiger partial charge in [-0.15, -0.1) is 0 Å². The lowest BCUT2D eigenvalue weighted by molar-refractivity contribution is 0.588. The molecule has 1 aliphatic rings. The standard InChI is InChI=1S/C20H17/c1-2-8-17-14-18(13-12-15(17)6-1)20-11-5-9-16-7-3-4-10-19(16)20/h1-5,7-11,18H,12-14H2. The second-order valence-electron chi connectivity index (χ2n) is 5.68. The number of fused-ring (bicyclic) bond motifs is 2. The average molecular weight is 257 g/mol. The molecule has 0 bridgehead atoms. The minimum Gasteiger partial charge on any atom is -0.0616 e. The summed E-state index contributed by atoms with van der Waals surface area (Å²) in [7, 11) is 0. The summed E-state index contributed by atoms with van der Waals surface area (Å²) in [5.41, 5.74) is 4.42. The molecule has 0 N–H and O–H groups in total. The molecule has 0 heteroatoms. The Balaban J connectivity index is 1.78. The maximum Gasteiger partial charge on any atom is -0.0112 e. The number of hydrogen-bond donors (Lipinski definition) is 0. The lowest BCUT2D eigenvalue weighted by Crippen LogP contribution is -2.13. The molecule has 0 amide bonds. The van der Waals surface area contributed by atoms with Crippen molar-refractivity contribution < 1.29 is 0 Å². The first-order valence-corrected chi connectivity index (χ1v) is 7.38. The smallest absolute Gasteiger partial charge is 0.0112 e. The number of rotatable bonds is 1. The van der Waals surface area contributed by atoms with E-state index in [1.165, 1.54) is 33.9 Å². The highest BCUT2D eigenvalue weighted by Gasteiger charge is 2.21. The summed E-state index contributed by atoms with van der Waals surface area (Å²) in [5.74, 6) is 0.643. The summed E-state index contributed by atoms with van der Waals surface area (Å²) in [6.45, 7) is 0. The van der Waals surface area contributed by atoms with E-state index >= 15 is 0 Å². The van der Waals surface area contributed by atoms with Gasteiger partial charge in [-0.3, -0.25) is 0 Å². The Labute approximate surface area is 120 Å². The van der Waals surface area contributed by atoms with Crippen molar-refractivity contribution in [2.24, 2.45) is 0 Å². The van der Waals surface area contributed by atoms with Crippen LogP contribution in [0, 0.1) is 6.07 Å². The summed E-state index contributed by atoms with van der Waals surface area (Å²) in [4.78, 5) is 0. The van der Waals surface area contributed by atoms with E-state index in [0.717, 1.165) is 12.8 Å². The Hall–Kier alpha value is -2.08. The molecule has 20 heavy (non-hydrogen) atoms. The predicted molar refractivity (Wildman–Crippen MR) is 84.0 cm³/mol. The Kier molecular flexibility index (Phi) is 2.81. The highest BCUT2D eigenvalue weighted by Crippen LogP contribution is 2.35. The van der Waals surface area contributed by atoms with Crippen LogP contribution in [0.4, 0.5) is 0 Å². The first kappa shape index (κ1) is 11.7. The van der Waals surface area contributed by atoms with Gasteiger partial charge in [0, 0.05) is 0 Å². The van der Waals surface area contributed by atoms with Gasteiger partial charge in [0.1, 0.15) is 0 Å². The van der Waals surface area contributed by atoms with E-state index in [4.69, 9.17) is 0 Å². The van der Waals surface area contributed by atoms with E-state index in [1.54, 1.807) is 0 Å². The molecule has 3 aromatic carbocycles. The van der Waals surface area contributed by atoms with Crippen LogP contribution in [0.5, 0.6) is 0 Å². The molecule has 0 heterocycles. The van der Waals surface area contributed by atoms with Gasteiger partial charge in [0.25, 0.3) is 0 Å². The molecule has 1 aliphatic carbocycles. The van der Waals surface area contributed by atoms with E-state index in [2.05, 4.69) is 60.7 Å². The minimum absolute atomic E-state index is 0.643. The molecule has 0 nitrogen and oxygen atoms in total. The van der Waals surface area contributed by atoms with Crippen LogP contribution in [0.2, 0.25) is 0 Å². The zero-order chi connectivity index (χ0) is 13.4. The van der Waals surface area contributed by atoms with Crippen LogP contribution in [0.25, 0.3) is 10.8 Å². The van der Waals surface area contributed by atoms with Crippen molar-refractivity contribution in [3.8, 4) is 0 Å². The highest BCUT2D eigenvalue weighted by molar-refractivity contribution is 5.86. The van der Waals surface area contributed by atoms with E-state index in [-0.39, 0.29) is 0 Å². The largest absolute Gasteiger partial charge is 0.0616 e. The van der Waals surface area contributed by atoms with Crippen molar-refractivity contribution in [1.82, 2.24) is 0 Å². The van der Waals surface area contributed by atoms with Gasteiger partial charge in [0.15, 0.2) is 0 Å². The van der Waals surface area contributed by atoms with Gasteiger partial charge in [0.05, 0.1) is 0 Å². The van der Waals surface area contributed by atoms with Gasteiger partial charge in [-0.05, 0) is 58.7 Å². The summed E-state index contributed by atoms with van der Waals surface area (Å²) < 4.78 is 0. The summed E-state index contributed by atoms with van der Waals surface area (Å²) in [5, 5.41) is 2.78. The van der Waals surface area contributed by atoms with Gasteiger partial charge in [-0.1, -0.05) is 60.7 Å². The molecular formula is C20H17. The zero-order valence-electron chi connectivity index (χ0n) is 11.5. The van der Waals surface area contributed by atoms with Crippen molar-refractivity contribution >= 4 is 10.8 Å². The number of aryl methyl sites for hydroxylation is 1. The van der Waals surface area contributed by atoms with Crippen molar-refractivity contribution in [3.05, 3.63) is 83.4 Å². The molecule has 0 fully saturated rings. The molecule has 0 saturated heterocycles. The number of benzene rings is 3. The predicted octanol–water partition coefficient (Wildman–Crippen LogP) is 4.91. The highest BCUT2D eigenvalue weighted by atomic mass is 14.2. The van der Waals surface area contributed by atoms with Crippen molar-refractivity contribution in [2.75, 3.05) is 0 Å². The second kappa shape index (κ2) is 4.79. The van der Waals surface area contributed by atoms with Gasteiger partial charge in [0.2, 0.25) is 0 Å². The molecule has 97 valence electrons. The Morgan fingerprint density at radius 1 is 0.900 bits per heavy atom. The summed E-state index contributed by atoms with van der Waals surface area (Å²) >= 11 is 0. The molecule has 0 aliphatic heterocycles. The first-order valence-electron chi connectivity index (χ1n) is 7.38. The average Bonchev–Trinajstić information content (AvgIpc) is 2.54. The summed E-state index contributed by atoms with van der Waals surface area (Å²) in [6.07, 6.45) is 3.55. The van der Waals surface area contributed by atoms with Crippen molar-refractivity contribution in [1.29, 1.82) is 0 Å². The molecule has 4 rings (SSSR count). The monoisotopic (exact) mass is 257 g/mol. The zero-order valence-corrected chi connectivity index (χ0v) is 11.5. The third-order valence-electron chi connectivity index (χ3n) is 4.51. The molecule has 1 radical (unpaired) electrons. The van der Waals surface area contributed by atoms with Crippen LogP contribution in [0.15, 0.2) is 60.7 Å². The molecule has 3 aromatic rings. The van der Waals surface area contributed by atoms with Gasteiger partial charge < -0.3 is 0 Å². The molecule has 0 spiro atoms. The van der Waals surface area contributed by atoms with Crippen LogP contribution in [-0.2, 0) is 12.8 Å². The Morgan fingerprint density at radius 2 is 1.80 bits per heavy atom. The molecule has 0 aromatic heterocycles. The maximum atomic E-state index is 3.40. The van der Waals surface area contributed by atoms with Crippen LogP contribution < -0.4 is 0 Å². The van der Waals surface area contributed by atoms with Gasteiger partial charge >= 0.3 is 0 Å². The third-order valence-corrected chi connectivity index (χ3v) is 4.51. The van der Waals surface area contributed by atoms with Gasteiger partial charge in [-0.2, -0.15) is 0 Å². The van der Waals surface area contributed by atoms with Gasteiger partial charge in [-0.25, -0.2) is 0 Å². The normalized spacial score (nSPS) is 17.9. The quantitative estimate of drug-likeness (QED) is 0.581. The molecular weight excluding hydrogens is 240 g/mol. The van der Waals surface area contributed by atoms with E-state index in [1.807, 2.05) is 6.07 Å². The molecule has 1 atom stereocenters. The maximum absolute atomic E-state index is 3.40. The fourth-order valence-corrected chi connectivity index (χ4v) is 3.49. The first-order chi connectivity index (χ1) is 9.92. The lowest BCUT2D eigenvalue weighted by atomic mass is 9.79. The second-order valence-corrected chi connectivity index (χ2v) is 5.68. The molecule has 1 unspecified atom stereocenters. The van der Waals surface area contributed by atoms with Crippen molar-refractivity contribution in [2.45, 2.75) is 25.2 Å². The van der Waals surface area contributed by atoms with Crippen LogP contribution in [0.3, 0.4) is 0 Å². The minimum atomic E-state index is 0.643. The van der Waals surface area contributed by atoms with Crippen LogP contribution >= 0.6 is 0 Å². The van der Waals surface area contributed by atoms with Crippen LogP contribution in [0.1, 0.15) is 29.0 Å². The van der Waals surface area contributed by atoms with E-state index in [0.29, 0.717) is 5.92 Å². The molecule has 0 saturated carbocycles. The number of hydrogen-bond acceptors (Lipinski definition) is 0. The summed E-state index contributed by atoms with van der Waals surface area (Å²) in [6, 6.07) is 25.3. The topological polar surface area (TPSA) is 0 Å². The van der Waals surface area contributed by atoms with Crippen LogP contribution in [-0.4, -0.2) is 0 Å². The Bertz CT molecular complexity index is 749.